The Morgan fingerprint density at radius 3 is 2.68 bits per heavy atom. The van der Waals surface area contributed by atoms with Gasteiger partial charge < -0.3 is 5.32 Å². The van der Waals surface area contributed by atoms with Crippen molar-refractivity contribution in [2.24, 2.45) is 5.92 Å². The predicted octanol–water partition coefficient (Wildman–Crippen LogP) is 4.33. The first-order chi connectivity index (χ1) is 11.9. The van der Waals surface area contributed by atoms with Gasteiger partial charge in [0.2, 0.25) is 0 Å². The molecule has 0 aromatic heterocycles. The van der Waals surface area contributed by atoms with Crippen molar-refractivity contribution in [2.45, 2.75) is 39.5 Å². The second-order valence-electron chi connectivity index (χ2n) is 7.03. The van der Waals surface area contributed by atoms with Gasteiger partial charge >= 0.3 is 0 Å². The summed E-state index contributed by atoms with van der Waals surface area (Å²) in [7, 11) is 0. The molecule has 3 rings (SSSR count). The lowest BCUT2D eigenvalue weighted by Gasteiger charge is -2.18. The van der Waals surface area contributed by atoms with E-state index in [-0.39, 0.29) is 23.8 Å². The third-order valence-corrected chi connectivity index (χ3v) is 4.49. The maximum atomic E-state index is 14.4. The highest BCUT2D eigenvalue weighted by Gasteiger charge is 2.20. The zero-order valence-corrected chi connectivity index (χ0v) is 14.6. The standard InChI is InChI=1S/C21H22FNO2/c1-13(2)9-15-5-3-4-6-18(15)21(25)23-20-12-14-7-8-17(24)10-16(14)11-19(20)22/h3-6,11-13H,7-10H2,1-2H3,(H,23,25). The van der Waals surface area contributed by atoms with Crippen molar-refractivity contribution in [3.8, 4) is 0 Å². The van der Waals surface area contributed by atoms with Gasteiger partial charge in [-0.2, -0.15) is 0 Å². The van der Waals surface area contributed by atoms with E-state index in [0.29, 0.717) is 24.3 Å². The van der Waals surface area contributed by atoms with E-state index in [1.54, 1.807) is 12.1 Å². The topological polar surface area (TPSA) is 46.2 Å². The zero-order valence-electron chi connectivity index (χ0n) is 14.6. The molecule has 0 aliphatic heterocycles. The smallest absolute Gasteiger partial charge is 0.256 e. The van der Waals surface area contributed by atoms with E-state index in [9.17, 15) is 14.0 Å². The molecule has 0 atom stereocenters. The largest absolute Gasteiger partial charge is 0.319 e. The quantitative estimate of drug-likeness (QED) is 0.901. The van der Waals surface area contributed by atoms with Crippen LogP contribution in [-0.2, 0) is 24.1 Å². The Morgan fingerprint density at radius 1 is 1.16 bits per heavy atom. The number of anilines is 1. The molecule has 0 unspecified atom stereocenters. The van der Waals surface area contributed by atoms with Crippen LogP contribution in [0.15, 0.2) is 36.4 Å². The average Bonchev–Trinajstić information content (AvgIpc) is 2.55. The molecule has 0 bridgehead atoms. The van der Waals surface area contributed by atoms with E-state index < -0.39 is 5.82 Å². The molecule has 1 aliphatic carbocycles. The lowest BCUT2D eigenvalue weighted by Crippen LogP contribution is -2.18. The molecule has 0 saturated carbocycles. The highest BCUT2D eigenvalue weighted by atomic mass is 19.1. The summed E-state index contributed by atoms with van der Waals surface area (Å²) in [6.07, 6.45) is 2.14. The predicted molar refractivity (Wildman–Crippen MR) is 96.4 cm³/mol. The van der Waals surface area contributed by atoms with Crippen molar-refractivity contribution >= 4 is 17.4 Å². The second-order valence-corrected chi connectivity index (χ2v) is 7.03. The van der Waals surface area contributed by atoms with Crippen molar-refractivity contribution in [1.82, 2.24) is 0 Å². The molecule has 4 heteroatoms. The monoisotopic (exact) mass is 339 g/mol. The van der Waals surface area contributed by atoms with Crippen LogP contribution in [0.1, 0.15) is 47.3 Å². The van der Waals surface area contributed by atoms with Gasteiger partial charge in [-0.3, -0.25) is 9.59 Å². The minimum atomic E-state index is -0.497. The number of rotatable bonds is 4. The molecule has 3 nitrogen and oxygen atoms in total. The molecule has 130 valence electrons. The molecule has 2 aromatic rings. The number of ketones is 1. The number of halogens is 1. The first-order valence-electron chi connectivity index (χ1n) is 8.66. The molecular weight excluding hydrogens is 317 g/mol. The van der Waals surface area contributed by atoms with Crippen LogP contribution >= 0.6 is 0 Å². The first kappa shape index (κ1) is 17.3. The second kappa shape index (κ2) is 7.18. The highest BCUT2D eigenvalue weighted by Crippen LogP contribution is 2.26. The lowest BCUT2D eigenvalue weighted by atomic mass is 9.90. The number of nitrogens with one attached hydrogen (secondary N) is 1. The number of fused-ring (bicyclic) bond motifs is 1. The minimum Gasteiger partial charge on any atom is -0.319 e. The SMILES string of the molecule is CC(C)Cc1ccccc1C(=O)Nc1cc2c(cc1F)CC(=O)CC2. The Bertz CT molecular complexity index is 827. The third-order valence-electron chi connectivity index (χ3n) is 4.49. The van der Waals surface area contributed by atoms with Crippen LogP contribution in [0.4, 0.5) is 10.1 Å². The van der Waals surface area contributed by atoms with Gasteiger partial charge in [-0.15, -0.1) is 0 Å². The van der Waals surface area contributed by atoms with Crippen molar-refractivity contribution in [3.63, 3.8) is 0 Å². The van der Waals surface area contributed by atoms with Crippen molar-refractivity contribution in [3.05, 3.63) is 64.5 Å². The van der Waals surface area contributed by atoms with Gasteiger partial charge in [-0.05, 0) is 53.6 Å². The maximum absolute atomic E-state index is 14.4. The number of amides is 1. The van der Waals surface area contributed by atoms with Crippen LogP contribution in [0.25, 0.3) is 0 Å². The molecule has 1 amide bonds. The summed E-state index contributed by atoms with van der Waals surface area (Å²) in [6.45, 7) is 4.19. The molecule has 1 N–H and O–H groups in total. The Morgan fingerprint density at radius 2 is 1.92 bits per heavy atom. The fourth-order valence-electron chi connectivity index (χ4n) is 3.28. The number of Topliss-reactive ketones (excluding diaryl/α,β-unsaturated/α-hetero) is 1. The number of hydrogen-bond donors (Lipinski definition) is 1. The summed E-state index contributed by atoms with van der Waals surface area (Å²) in [5.41, 5.74) is 3.37. The molecule has 0 heterocycles. The van der Waals surface area contributed by atoms with E-state index in [0.717, 1.165) is 23.1 Å². The molecule has 0 spiro atoms. The molecular formula is C21H22FNO2. The van der Waals surface area contributed by atoms with Crippen molar-refractivity contribution < 1.29 is 14.0 Å². The normalized spacial score (nSPS) is 13.7. The van der Waals surface area contributed by atoms with Crippen molar-refractivity contribution in [1.29, 1.82) is 0 Å². The van der Waals surface area contributed by atoms with Gasteiger partial charge in [-0.25, -0.2) is 4.39 Å². The summed E-state index contributed by atoms with van der Waals surface area (Å²) in [5, 5.41) is 2.70. The fourth-order valence-corrected chi connectivity index (χ4v) is 3.28. The number of carbonyl (C=O) groups is 2. The molecule has 0 radical (unpaired) electrons. The van der Waals surface area contributed by atoms with Gasteiger partial charge in [0, 0.05) is 18.4 Å². The van der Waals surface area contributed by atoms with Crippen LogP contribution in [0.3, 0.4) is 0 Å². The van der Waals surface area contributed by atoms with Gasteiger partial charge in [0.15, 0.2) is 0 Å². The Balaban J connectivity index is 1.86. The summed E-state index contributed by atoms with van der Waals surface area (Å²) in [6, 6.07) is 10.5. The molecule has 0 saturated heterocycles. The lowest BCUT2D eigenvalue weighted by molar-refractivity contribution is -0.118. The van der Waals surface area contributed by atoms with Gasteiger partial charge in [0.1, 0.15) is 11.6 Å². The Hall–Kier alpha value is -2.49. The van der Waals surface area contributed by atoms with Gasteiger partial charge in [0.25, 0.3) is 5.91 Å². The van der Waals surface area contributed by atoms with Crippen LogP contribution in [0.5, 0.6) is 0 Å². The van der Waals surface area contributed by atoms with E-state index in [2.05, 4.69) is 19.2 Å². The summed E-state index contributed by atoms with van der Waals surface area (Å²) in [4.78, 5) is 24.2. The van der Waals surface area contributed by atoms with E-state index in [1.807, 2.05) is 18.2 Å². The van der Waals surface area contributed by atoms with Crippen LogP contribution in [-0.4, -0.2) is 11.7 Å². The van der Waals surface area contributed by atoms with E-state index in [4.69, 9.17) is 0 Å². The maximum Gasteiger partial charge on any atom is 0.256 e. The number of carbonyl (C=O) groups excluding carboxylic acids is 2. The minimum absolute atomic E-state index is 0.131. The molecule has 2 aromatic carbocycles. The van der Waals surface area contributed by atoms with Gasteiger partial charge in [0.05, 0.1) is 5.69 Å². The summed E-state index contributed by atoms with van der Waals surface area (Å²) in [5.74, 6) is -0.247. The third kappa shape index (κ3) is 3.95. The van der Waals surface area contributed by atoms with Crippen molar-refractivity contribution in [2.75, 3.05) is 5.32 Å². The average molecular weight is 339 g/mol. The van der Waals surface area contributed by atoms with Crippen LogP contribution in [0, 0.1) is 11.7 Å². The van der Waals surface area contributed by atoms with Gasteiger partial charge in [-0.1, -0.05) is 32.0 Å². The molecule has 25 heavy (non-hydrogen) atoms. The number of hydrogen-bond acceptors (Lipinski definition) is 2. The van der Waals surface area contributed by atoms with Crippen LogP contribution < -0.4 is 5.32 Å². The fraction of sp³-hybridized carbons (Fsp3) is 0.333. The summed E-state index contributed by atoms with van der Waals surface area (Å²) >= 11 is 0. The zero-order chi connectivity index (χ0) is 18.0. The molecule has 0 fully saturated rings. The van der Waals surface area contributed by atoms with E-state index in [1.165, 1.54) is 6.07 Å². The summed E-state index contributed by atoms with van der Waals surface area (Å²) < 4.78 is 14.4. The first-order valence-corrected chi connectivity index (χ1v) is 8.66. The number of aryl methyl sites for hydroxylation is 1. The number of benzene rings is 2. The Labute approximate surface area is 147 Å². The Kier molecular flexibility index (Phi) is 4.98. The van der Waals surface area contributed by atoms with E-state index >= 15 is 0 Å². The van der Waals surface area contributed by atoms with Crippen LogP contribution in [0.2, 0.25) is 0 Å². The molecule has 1 aliphatic rings. The highest BCUT2D eigenvalue weighted by molar-refractivity contribution is 6.05.